The number of hydrogen-bond donors (Lipinski definition) is 1. The van der Waals surface area contributed by atoms with Gasteiger partial charge in [-0.3, -0.25) is 4.79 Å². The van der Waals surface area contributed by atoms with Crippen LogP contribution in [0.15, 0.2) is 17.0 Å². The zero-order valence-electron chi connectivity index (χ0n) is 11.5. The van der Waals surface area contributed by atoms with Crippen LogP contribution in [0.5, 0.6) is 0 Å². The largest absolute Gasteiger partial charge is 0.382 e. The van der Waals surface area contributed by atoms with Crippen molar-refractivity contribution in [3.63, 3.8) is 0 Å². The SMILES string of the molecule is COCC(C)(C)NC(=O)c1cc(S(=O)(=O)Cl)cc(F)c1F. The predicted molar refractivity (Wildman–Crippen MR) is 72.8 cm³/mol. The summed E-state index contributed by atoms with van der Waals surface area (Å²) in [7, 11) is 2.19. The van der Waals surface area contributed by atoms with E-state index in [0.717, 1.165) is 0 Å². The van der Waals surface area contributed by atoms with E-state index in [-0.39, 0.29) is 6.61 Å². The van der Waals surface area contributed by atoms with E-state index in [1.165, 1.54) is 7.11 Å². The zero-order chi connectivity index (χ0) is 16.4. The van der Waals surface area contributed by atoms with Gasteiger partial charge in [-0.25, -0.2) is 17.2 Å². The van der Waals surface area contributed by atoms with Crippen molar-refractivity contribution in [2.45, 2.75) is 24.3 Å². The van der Waals surface area contributed by atoms with E-state index in [1.807, 2.05) is 0 Å². The number of amides is 1. The normalized spacial score (nSPS) is 12.3. The van der Waals surface area contributed by atoms with Crippen LogP contribution in [0.4, 0.5) is 8.78 Å². The number of nitrogens with one attached hydrogen (secondary N) is 1. The third-order valence-corrected chi connectivity index (χ3v) is 3.82. The first-order valence-electron chi connectivity index (χ1n) is 5.73. The number of hydrogen-bond acceptors (Lipinski definition) is 4. The Morgan fingerprint density at radius 1 is 1.38 bits per heavy atom. The van der Waals surface area contributed by atoms with Crippen molar-refractivity contribution in [1.82, 2.24) is 5.32 Å². The molecule has 0 fully saturated rings. The fourth-order valence-electron chi connectivity index (χ4n) is 1.64. The van der Waals surface area contributed by atoms with Crippen LogP contribution in [0.2, 0.25) is 0 Å². The van der Waals surface area contributed by atoms with Gasteiger partial charge in [-0.15, -0.1) is 0 Å². The first-order chi connectivity index (χ1) is 9.48. The molecule has 1 amide bonds. The van der Waals surface area contributed by atoms with E-state index in [4.69, 9.17) is 15.4 Å². The van der Waals surface area contributed by atoms with Gasteiger partial charge in [-0.05, 0) is 26.0 Å². The van der Waals surface area contributed by atoms with Gasteiger partial charge < -0.3 is 10.1 Å². The molecule has 0 heterocycles. The molecule has 0 unspecified atom stereocenters. The summed E-state index contributed by atoms with van der Waals surface area (Å²) in [5, 5.41) is 2.41. The number of methoxy groups -OCH3 is 1. The van der Waals surface area contributed by atoms with E-state index >= 15 is 0 Å². The molecule has 0 spiro atoms. The molecule has 0 radical (unpaired) electrons. The van der Waals surface area contributed by atoms with Crippen molar-refractivity contribution in [2.24, 2.45) is 0 Å². The molecular formula is C12H14ClF2NO4S. The minimum Gasteiger partial charge on any atom is -0.382 e. The second-order valence-corrected chi connectivity index (χ2v) is 7.54. The van der Waals surface area contributed by atoms with E-state index < -0.39 is 42.6 Å². The molecule has 9 heteroatoms. The minimum atomic E-state index is -4.29. The molecule has 1 aromatic rings. The third-order valence-electron chi connectivity index (χ3n) is 2.48. The van der Waals surface area contributed by atoms with Gasteiger partial charge in [0.05, 0.1) is 22.6 Å². The number of carbonyl (C=O) groups is 1. The summed E-state index contributed by atoms with van der Waals surface area (Å²) >= 11 is 0. The fraction of sp³-hybridized carbons (Fsp3) is 0.417. The quantitative estimate of drug-likeness (QED) is 0.832. The Bertz CT molecular complexity index is 661. The van der Waals surface area contributed by atoms with Gasteiger partial charge in [0.1, 0.15) is 0 Å². The topological polar surface area (TPSA) is 72.5 Å². The molecule has 0 saturated carbocycles. The van der Waals surface area contributed by atoms with Crippen LogP contribution in [0.1, 0.15) is 24.2 Å². The number of rotatable bonds is 5. The maximum absolute atomic E-state index is 13.7. The smallest absolute Gasteiger partial charge is 0.261 e. The van der Waals surface area contributed by atoms with Crippen molar-refractivity contribution < 1.29 is 26.7 Å². The molecule has 1 rings (SSSR count). The summed E-state index contributed by atoms with van der Waals surface area (Å²) in [5.74, 6) is -3.91. The Morgan fingerprint density at radius 2 is 1.95 bits per heavy atom. The van der Waals surface area contributed by atoms with Gasteiger partial charge in [0.25, 0.3) is 15.0 Å². The average Bonchev–Trinajstić information content (AvgIpc) is 2.29. The Hall–Kier alpha value is -1.25. The Balaban J connectivity index is 3.24. The van der Waals surface area contributed by atoms with E-state index in [9.17, 15) is 22.0 Å². The van der Waals surface area contributed by atoms with Crippen LogP contribution >= 0.6 is 10.7 Å². The highest BCUT2D eigenvalue weighted by atomic mass is 35.7. The van der Waals surface area contributed by atoms with Crippen LogP contribution in [0.25, 0.3) is 0 Å². The first kappa shape index (κ1) is 17.8. The van der Waals surface area contributed by atoms with Crippen LogP contribution in [0, 0.1) is 11.6 Å². The maximum atomic E-state index is 13.7. The zero-order valence-corrected chi connectivity index (χ0v) is 13.1. The molecule has 0 bridgehead atoms. The van der Waals surface area contributed by atoms with Crippen molar-refractivity contribution >= 4 is 25.6 Å². The lowest BCUT2D eigenvalue weighted by molar-refractivity contribution is 0.0815. The van der Waals surface area contributed by atoms with Crippen LogP contribution in [-0.4, -0.2) is 33.6 Å². The van der Waals surface area contributed by atoms with Gasteiger partial charge in [0.15, 0.2) is 11.6 Å². The summed E-state index contributed by atoms with van der Waals surface area (Å²) in [5.41, 5.74) is -1.61. The van der Waals surface area contributed by atoms with Gasteiger partial charge in [-0.2, -0.15) is 0 Å². The first-order valence-corrected chi connectivity index (χ1v) is 8.04. The molecule has 0 aliphatic heterocycles. The molecule has 5 nitrogen and oxygen atoms in total. The van der Waals surface area contributed by atoms with Gasteiger partial charge >= 0.3 is 0 Å². The molecule has 0 atom stereocenters. The van der Waals surface area contributed by atoms with Gasteiger partial charge in [0.2, 0.25) is 0 Å². The van der Waals surface area contributed by atoms with Crippen molar-refractivity contribution in [3.8, 4) is 0 Å². The molecule has 0 aromatic heterocycles. The van der Waals surface area contributed by atoms with E-state index in [0.29, 0.717) is 12.1 Å². The van der Waals surface area contributed by atoms with Crippen LogP contribution < -0.4 is 5.32 Å². The molecule has 118 valence electrons. The molecule has 1 aromatic carbocycles. The third kappa shape index (κ3) is 4.62. The summed E-state index contributed by atoms with van der Waals surface area (Å²) in [6.07, 6.45) is 0. The van der Waals surface area contributed by atoms with Crippen LogP contribution in [0.3, 0.4) is 0 Å². The van der Waals surface area contributed by atoms with Gasteiger partial charge in [-0.1, -0.05) is 0 Å². The highest BCUT2D eigenvalue weighted by Crippen LogP contribution is 2.22. The maximum Gasteiger partial charge on any atom is 0.261 e. The summed E-state index contributed by atoms with van der Waals surface area (Å²) < 4.78 is 54.3. The average molecular weight is 342 g/mol. The molecular weight excluding hydrogens is 328 g/mol. The van der Waals surface area contributed by atoms with Crippen molar-refractivity contribution in [2.75, 3.05) is 13.7 Å². The molecule has 21 heavy (non-hydrogen) atoms. The lowest BCUT2D eigenvalue weighted by Gasteiger charge is -2.25. The number of ether oxygens (including phenoxy) is 1. The monoisotopic (exact) mass is 341 g/mol. The van der Waals surface area contributed by atoms with E-state index in [2.05, 4.69) is 5.32 Å². The van der Waals surface area contributed by atoms with E-state index in [1.54, 1.807) is 13.8 Å². The Morgan fingerprint density at radius 3 is 2.43 bits per heavy atom. The standard InChI is InChI=1S/C12H14ClF2NO4S/c1-12(2,6-20-3)16-11(17)8-4-7(21(13,18)19)5-9(14)10(8)15/h4-5H,6H2,1-3H3,(H,16,17). The second kappa shape index (κ2) is 6.25. The van der Waals surface area contributed by atoms with Gasteiger partial charge in [0, 0.05) is 17.8 Å². The molecule has 0 aliphatic rings. The molecule has 0 aliphatic carbocycles. The number of benzene rings is 1. The Labute approximate surface area is 125 Å². The lowest BCUT2D eigenvalue weighted by atomic mass is 10.1. The molecule has 0 saturated heterocycles. The summed E-state index contributed by atoms with van der Waals surface area (Å²) in [6.45, 7) is 3.33. The number of halogens is 3. The fourth-order valence-corrected chi connectivity index (χ4v) is 2.41. The minimum absolute atomic E-state index is 0.121. The summed E-state index contributed by atoms with van der Waals surface area (Å²) in [6, 6.07) is 1.09. The highest BCUT2D eigenvalue weighted by molar-refractivity contribution is 8.13. The van der Waals surface area contributed by atoms with Crippen molar-refractivity contribution in [3.05, 3.63) is 29.3 Å². The Kier molecular flexibility index (Phi) is 5.30. The second-order valence-electron chi connectivity index (χ2n) is 4.98. The lowest BCUT2D eigenvalue weighted by Crippen LogP contribution is -2.47. The number of carbonyl (C=O) groups excluding carboxylic acids is 1. The predicted octanol–water partition coefficient (Wildman–Crippen LogP) is 2.05. The molecule has 1 N–H and O–H groups in total. The van der Waals surface area contributed by atoms with Crippen LogP contribution in [-0.2, 0) is 13.8 Å². The summed E-state index contributed by atoms with van der Waals surface area (Å²) in [4.78, 5) is 11.3. The highest BCUT2D eigenvalue weighted by Gasteiger charge is 2.26. The van der Waals surface area contributed by atoms with Crippen molar-refractivity contribution in [1.29, 1.82) is 0 Å².